The minimum Gasteiger partial charge on any atom is -0.384 e. The Balaban J connectivity index is 3.29. The third-order valence-electron chi connectivity index (χ3n) is 3.22. The molecule has 0 radical (unpaired) electrons. The van der Waals surface area contributed by atoms with E-state index in [4.69, 9.17) is 0 Å². The highest BCUT2D eigenvalue weighted by atomic mass is 79.9. The van der Waals surface area contributed by atoms with Gasteiger partial charge >= 0.3 is 0 Å². The normalized spacial score (nSPS) is 12.2. The third-order valence-corrected chi connectivity index (χ3v) is 3.88. The molecule has 0 aliphatic rings. The lowest BCUT2D eigenvalue weighted by Crippen LogP contribution is -2.08. The molecule has 0 aliphatic heterocycles. The van der Waals surface area contributed by atoms with E-state index in [2.05, 4.69) is 40.5 Å². The molecule has 0 heterocycles. The monoisotopic (exact) mass is 363 g/mol. The molecule has 0 fully saturated rings. The molecule has 0 aromatic heterocycles. The first-order valence-electron chi connectivity index (χ1n) is 7.21. The fourth-order valence-electron chi connectivity index (χ4n) is 1.98. The van der Waals surface area contributed by atoms with Crippen LogP contribution in [0.15, 0.2) is 33.7 Å². The van der Waals surface area contributed by atoms with Gasteiger partial charge in [-0.25, -0.2) is 4.99 Å². The second-order valence-corrected chi connectivity index (χ2v) is 6.20. The lowest BCUT2D eigenvalue weighted by molar-refractivity contribution is 0.211. The quantitative estimate of drug-likeness (QED) is 0.445. The van der Waals surface area contributed by atoms with Crippen molar-refractivity contribution in [3.8, 4) is 6.07 Å². The van der Waals surface area contributed by atoms with Crippen molar-refractivity contribution in [2.75, 3.05) is 14.1 Å². The first kappa shape index (κ1) is 18.4. The van der Waals surface area contributed by atoms with Crippen molar-refractivity contribution in [3.05, 3.63) is 39.9 Å². The second-order valence-electron chi connectivity index (χ2n) is 5.34. The highest BCUT2D eigenvalue weighted by Crippen LogP contribution is 2.37. The average Bonchev–Trinajstić information content (AvgIpc) is 2.49. The van der Waals surface area contributed by atoms with Crippen molar-refractivity contribution >= 4 is 28.0 Å². The van der Waals surface area contributed by atoms with Crippen LogP contribution in [-0.2, 0) is 0 Å². The molecule has 1 aromatic carbocycles. The molecule has 1 aromatic rings. The SMILES string of the molecule is C=C(CCCC)C(O)c1ccc(Br)c(C#N)c1N=CN(C)C. The first-order chi connectivity index (χ1) is 10.4. The van der Waals surface area contributed by atoms with Crippen molar-refractivity contribution < 1.29 is 5.11 Å². The zero-order valence-electron chi connectivity index (χ0n) is 13.3. The van der Waals surface area contributed by atoms with Gasteiger partial charge in [-0.1, -0.05) is 26.0 Å². The molecule has 0 saturated heterocycles. The summed E-state index contributed by atoms with van der Waals surface area (Å²) >= 11 is 3.36. The predicted molar refractivity (Wildman–Crippen MR) is 94.3 cm³/mol. The van der Waals surface area contributed by atoms with E-state index in [1.807, 2.05) is 14.1 Å². The smallest absolute Gasteiger partial charge is 0.103 e. The largest absolute Gasteiger partial charge is 0.384 e. The van der Waals surface area contributed by atoms with Crippen LogP contribution in [0.25, 0.3) is 0 Å². The fourth-order valence-corrected chi connectivity index (χ4v) is 2.39. The van der Waals surface area contributed by atoms with Crippen LogP contribution >= 0.6 is 15.9 Å². The lowest BCUT2D eigenvalue weighted by Gasteiger charge is -2.18. The molecule has 1 N–H and O–H groups in total. The Bertz CT molecular complexity index is 603. The zero-order valence-corrected chi connectivity index (χ0v) is 14.9. The number of hydrogen-bond acceptors (Lipinski definition) is 3. The molecule has 22 heavy (non-hydrogen) atoms. The van der Waals surface area contributed by atoms with Gasteiger partial charge in [0.2, 0.25) is 0 Å². The predicted octanol–water partition coefficient (Wildman–Crippen LogP) is 4.32. The molecule has 1 atom stereocenters. The molecule has 5 heteroatoms. The summed E-state index contributed by atoms with van der Waals surface area (Å²) in [6.45, 7) is 6.07. The summed E-state index contributed by atoms with van der Waals surface area (Å²) in [5.41, 5.74) is 2.25. The Labute approximate surface area is 140 Å². The van der Waals surface area contributed by atoms with Gasteiger partial charge in [-0.3, -0.25) is 0 Å². The number of unbranched alkanes of at least 4 members (excludes halogenated alkanes) is 1. The number of aliphatic hydroxyl groups is 1. The summed E-state index contributed by atoms with van der Waals surface area (Å²) in [6.07, 6.45) is 3.58. The molecule has 0 amide bonds. The van der Waals surface area contributed by atoms with Gasteiger partial charge in [-0.2, -0.15) is 5.26 Å². The molecule has 0 bridgehead atoms. The maximum atomic E-state index is 10.6. The lowest BCUT2D eigenvalue weighted by atomic mass is 9.95. The number of aliphatic hydroxyl groups excluding tert-OH is 1. The summed E-state index contributed by atoms with van der Waals surface area (Å²) < 4.78 is 0.663. The van der Waals surface area contributed by atoms with Crippen LogP contribution in [-0.4, -0.2) is 30.4 Å². The fraction of sp³-hybridized carbons (Fsp3) is 0.412. The Morgan fingerprint density at radius 1 is 1.55 bits per heavy atom. The van der Waals surface area contributed by atoms with Gasteiger partial charge in [0.1, 0.15) is 12.2 Å². The molecular weight excluding hydrogens is 342 g/mol. The minimum absolute atomic E-state index is 0.415. The van der Waals surface area contributed by atoms with Crippen LogP contribution in [0.2, 0.25) is 0 Å². The number of nitriles is 1. The van der Waals surface area contributed by atoms with Gasteiger partial charge in [-0.15, -0.1) is 0 Å². The highest BCUT2D eigenvalue weighted by molar-refractivity contribution is 9.10. The van der Waals surface area contributed by atoms with E-state index >= 15 is 0 Å². The van der Waals surface area contributed by atoms with Gasteiger partial charge in [0.25, 0.3) is 0 Å². The number of hydrogen-bond donors (Lipinski definition) is 1. The van der Waals surface area contributed by atoms with Crippen LogP contribution in [0.1, 0.15) is 43.4 Å². The number of nitrogens with zero attached hydrogens (tertiary/aromatic N) is 3. The van der Waals surface area contributed by atoms with Crippen LogP contribution < -0.4 is 0 Å². The van der Waals surface area contributed by atoms with E-state index in [-0.39, 0.29) is 0 Å². The molecule has 4 nitrogen and oxygen atoms in total. The number of aliphatic imine (C=N–C) groups is 1. The Hall–Kier alpha value is -1.64. The Morgan fingerprint density at radius 2 is 2.23 bits per heavy atom. The second kappa shape index (κ2) is 8.72. The Kier molecular flexibility index (Phi) is 7.30. The zero-order chi connectivity index (χ0) is 16.7. The van der Waals surface area contributed by atoms with Crippen molar-refractivity contribution in [1.29, 1.82) is 5.26 Å². The van der Waals surface area contributed by atoms with Crippen molar-refractivity contribution in [3.63, 3.8) is 0 Å². The summed E-state index contributed by atoms with van der Waals surface area (Å²) in [7, 11) is 3.70. The molecule has 1 rings (SSSR count). The van der Waals surface area contributed by atoms with E-state index in [0.717, 1.165) is 24.8 Å². The van der Waals surface area contributed by atoms with Gasteiger partial charge in [0.05, 0.1) is 17.6 Å². The number of rotatable bonds is 7. The average molecular weight is 364 g/mol. The Morgan fingerprint density at radius 3 is 2.77 bits per heavy atom. The van der Waals surface area contributed by atoms with Crippen molar-refractivity contribution in [2.45, 2.75) is 32.3 Å². The van der Waals surface area contributed by atoms with E-state index in [9.17, 15) is 10.4 Å². The minimum atomic E-state index is -0.818. The van der Waals surface area contributed by atoms with Crippen LogP contribution in [0.5, 0.6) is 0 Å². The summed E-state index contributed by atoms with van der Waals surface area (Å²) in [5, 5.41) is 19.9. The topological polar surface area (TPSA) is 59.6 Å². The van der Waals surface area contributed by atoms with Crippen molar-refractivity contribution in [1.82, 2.24) is 4.90 Å². The molecule has 0 spiro atoms. The number of halogens is 1. The first-order valence-corrected chi connectivity index (χ1v) is 8.00. The van der Waals surface area contributed by atoms with Crippen molar-refractivity contribution in [2.24, 2.45) is 4.99 Å². The van der Waals surface area contributed by atoms with Gasteiger partial charge < -0.3 is 10.0 Å². The highest BCUT2D eigenvalue weighted by Gasteiger charge is 2.19. The third kappa shape index (κ3) is 4.69. The van der Waals surface area contributed by atoms with Crippen LogP contribution in [0.3, 0.4) is 0 Å². The molecule has 0 aliphatic carbocycles. The van der Waals surface area contributed by atoms with Crippen LogP contribution in [0, 0.1) is 11.3 Å². The van der Waals surface area contributed by atoms with Gasteiger partial charge in [-0.05, 0) is 40.4 Å². The van der Waals surface area contributed by atoms with E-state index in [0.29, 0.717) is 21.3 Å². The summed E-state index contributed by atoms with van der Waals surface area (Å²) in [6, 6.07) is 5.69. The van der Waals surface area contributed by atoms with E-state index in [1.165, 1.54) is 0 Å². The molecule has 0 saturated carbocycles. The molecule has 118 valence electrons. The molecular formula is C17H22BrN3O. The summed E-state index contributed by atoms with van der Waals surface area (Å²) in [5.74, 6) is 0. The molecule has 1 unspecified atom stereocenters. The van der Waals surface area contributed by atoms with E-state index in [1.54, 1.807) is 23.4 Å². The van der Waals surface area contributed by atoms with Gasteiger partial charge in [0, 0.05) is 24.1 Å². The standard InChI is InChI=1S/C17H22BrN3O/c1-5-6-7-12(2)17(22)13-8-9-15(18)14(10-19)16(13)20-11-21(3)4/h8-9,11,17,22H,2,5-7H2,1,3-4H3. The maximum Gasteiger partial charge on any atom is 0.103 e. The maximum absolute atomic E-state index is 10.6. The summed E-state index contributed by atoms with van der Waals surface area (Å²) in [4.78, 5) is 6.15. The van der Waals surface area contributed by atoms with Crippen LogP contribution in [0.4, 0.5) is 5.69 Å². The van der Waals surface area contributed by atoms with E-state index < -0.39 is 6.10 Å². The van der Waals surface area contributed by atoms with Gasteiger partial charge in [0.15, 0.2) is 0 Å². The number of benzene rings is 1.